The fourth-order valence-corrected chi connectivity index (χ4v) is 8.26. The van der Waals surface area contributed by atoms with E-state index < -0.39 is 32.5 Å². The lowest BCUT2D eigenvalue weighted by molar-refractivity contribution is -0.161. The summed E-state index contributed by atoms with van der Waals surface area (Å²) in [7, 11) is -4.41. The molecule has 0 aliphatic carbocycles. The third kappa shape index (κ3) is 60.7. The van der Waals surface area contributed by atoms with E-state index in [2.05, 4.69) is 172 Å². The Morgan fingerprint density at radius 2 is 0.714 bits per heavy atom. The van der Waals surface area contributed by atoms with Crippen molar-refractivity contribution in [3.8, 4) is 0 Å². The molecule has 10 heteroatoms. The average Bonchev–Trinajstić information content (AvgIpc) is 3.42. The van der Waals surface area contributed by atoms with E-state index in [-0.39, 0.29) is 32.6 Å². The molecule has 0 aliphatic heterocycles. The second-order valence-electron chi connectivity index (χ2n) is 19.1. The monoisotopic (exact) mass is 1090 g/mol. The van der Waals surface area contributed by atoms with Crippen molar-refractivity contribution in [2.75, 3.05) is 26.4 Å². The lowest BCUT2D eigenvalue weighted by Crippen LogP contribution is -2.29. The van der Waals surface area contributed by atoms with Crippen LogP contribution in [0.5, 0.6) is 0 Å². The van der Waals surface area contributed by atoms with Gasteiger partial charge in [0.2, 0.25) is 0 Å². The number of rotatable bonds is 54. The smallest absolute Gasteiger partial charge is 0.462 e. The number of hydrogen-bond acceptors (Lipinski definition) is 8. The number of carbonyl (C=O) groups is 2. The maximum atomic E-state index is 12.7. The number of nitrogens with two attached hydrogens (primary N) is 1. The zero-order valence-corrected chi connectivity index (χ0v) is 49.3. The van der Waals surface area contributed by atoms with Crippen molar-refractivity contribution in [2.45, 2.75) is 225 Å². The van der Waals surface area contributed by atoms with Crippen LogP contribution in [0.15, 0.2) is 158 Å². The molecule has 0 aromatic carbocycles. The van der Waals surface area contributed by atoms with Crippen LogP contribution in [0.3, 0.4) is 0 Å². The molecular formula is C67H108NO8P. The van der Waals surface area contributed by atoms with Gasteiger partial charge < -0.3 is 20.1 Å². The van der Waals surface area contributed by atoms with E-state index in [1.807, 2.05) is 0 Å². The van der Waals surface area contributed by atoms with E-state index in [1.165, 1.54) is 38.5 Å². The summed E-state index contributed by atoms with van der Waals surface area (Å²) >= 11 is 0. The molecule has 434 valence electrons. The van der Waals surface area contributed by atoms with Crippen LogP contribution in [0, 0.1) is 0 Å². The highest BCUT2D eigenvalue weighted by Crippen LogP contribution is 2.43. The molecule has 0 bridgehead atoms. The molecular weight excluding hydrogens is 978 g/mol. The first-order chi connectivity index (χ1) is 37.8. The van der Waals surface area contributed by atoms with E-state index in [9.17, 15) is 19.0 Å². The zero-order valence-electron chi connectivity index (χ0n) is 48.4. The molecule has 9 nitrogen and oxygen atoms in total. The summed E-state index contributed by atoms with van der Waals surface area (Å²) in [6.45, 7) is 3.55. The van der Waals surface area contributed by atoms with Crippen molar-refractivity contribution in [1.82, 2.24) is 0 Å². The maximum absolute atomic E-state index is 12.7. The van der Waals surface area contributed by atoms with E-state index in [1.54, 1.807) is 0 Å². The van der Waals surface area contributed by atoms with Gasteiger partial charge in [-0.05, 0) is 128 Å². The second kappa shape index (κ2) is 60.9. The van der Waals surface area contributed by atoms with Gasteiger partial charge in [0.1, 0.15) is 6.61 Å². The van der Waals surface area contributed by atoms with Gasteiger partial charge in [-0.15, -0.1) is 0 Å². The van der Waals surface area contributed by atoms with Gasteiger partial charge in [-0.1, -0.05) is 236 Å². The van der Waals surface area contributed by atoms with Crippen LogP contribution in [-0.4, -0.2) is 49.3 Å². The van der Waals surface area contributed by atoms with Crippen molar-refractivity contribution in [1.29, 1.82) is 0 Å². The van der Waals surface area contributed by atoms with Gasteiger partial charge in [-0.2, -0.15) is 0 Å². The Labute approximate surface area is 470 Å². The Bertz CT molecular complexity index is 1810. The predicted molar refractivity (Wildman–Crippen MR) is 330 cm³/mol. The molecule has 0 fully saturated rings. The van der Waals surface area contributed by atoms with Crippen molar-refractivity contribution < 1.29 is 37.6 Å². The van der Waals surface area contributed by atoms with Crippen molar-refractivity contribution in [3.63, 3.8) is 0 Å². The number of hydrogen-bond donors (Lipinski definition) is 2. The van der Waals surface area contributed by atoms with Crippen LogP contribution in [0.1, 0.15) is 219 Å². The first kappa shape index (κ1) is 72.6. The minimum atomic E-state index is -4.41. The summed E-state index contributed by atoms with van der Waals surface area (Å²) in [5, 5.41) is 0. The molecule has 2 unspecified atom stereocenters. The Balaban J connectivity index is 4.12. The fourth-order valence-electron chi connectivity index (χ4n) is 7.49. The number of carbonyl (C=O) groups excluding carboxylic acids is 2. The van der Waals surface area contributed by atoms with Crippen LogP contribution in [0.2, 0.25) is 0 Å². The maximum Gasteiger partial charge on any atom is 0.472 e. The van der Waals surface area contributed by atoms with E-state index >= 15 is 0 Å². The summed E-state index contributed by atoms with van der Waals surface area (Å²) < 4.78 is 33.0. The summed E-state index contributed by atoms with van der Waals surface area (Å²) in [5.41, 5.74) is 5.38. The Hall–Kier alpha value is -4.37. The topological polar surface area (TPSA) is 134 Å². The minimum Gasteiger partial charge on any atom is -0.462 e. The Morgan fingerprint density at radius 3 is 1.06 bits per heavy atom. The lowest BCUT2D eigenvalue weighted by Gasteiger charge is -2.19. The van der Waals surface area contributed by atoms with E-state index in [4.69, 9.17) is 24.3 Å². The highest BCUT2D eigenvalue weighted by Gasteiger charge is 2.26. The van der Waals surface area contributed by atoms with Crippen LogP contribution in [-0.2, 0) is 32.7 Å². The van der Waals surface area contributed by atoms with E-state index in [0.29, 0.717) is 12.8 Å². The molecule has 77 heavy (non-hydrogen) atoms. The summed E-state index contributed by atoms with van der Waals surface area (Å²) in [6.07, 6.45) is 88.7. The number of esters is 2. The van der Waals surface area contributed by atoms with Gasteiger partial charge in [0.05, 0.1) is 13.2 Å². The van der Waals surface area contributed by atoms with Gasteiger partial charge in [-0.3, -0.25) is 18.6 Å². The molecule has 0 rings (SSSR count). The van der Waals surface area contributed by atoms with Crippen molar-refractivity contribution in [2.24, 2.45) is 5.73 Å². The van der Waals surface area contributed by atoms with Gasteiger partial charge in [0.25, 0.3) is 0 Å². The van der Waals surface area contributed by atoms with Gasteiger partial charge in [0.15, 0.2) is 6.10 Å². The molecule has 0 aliphatic rings. The third-order valence-electron chi connectivity index (χ3n) is 11.9. The lowest BCUT2D eigenvalue weighted by atomic mass is 10.1. The quantitative estimate of drug-likeness (QED) is 0.0264. The second-order valence-corrected chi connectivity index (χ2v) is 20.6. The number of ether oxygens (including phenoxy) is 2. The van der Waals surface area contributed by atoms with Crippen LogP contribution in [0.4, 0.5) is 0 Å². The van der Waals surface area contributed by atoms with Gasteiger partial charge in [0, 0.05) is 19.4 Å². The number of phosphoric acid groups is 1. The summed E-state index contributed by atoms with van der Waals surface area (Å²) in [6, 6.07) is 0. The van der Waals surface area contributed by atoms with Crippen LogP contribution < -0.4 is 5.73 Å². The highest BCUT2D eigenvalue weighted by atomic mass is 31.2. The van der Waals surface area contributed by atoms with Crippen LogP contribution >= 0.6 is 7.82 Å². The highest BCUT2D eigenvalue weighted by molar-refractivity contribution is 7.47. The molecule has 3 N–H and O–H groups in total. The Kier molecular flexibility index (Phi) is 57.4. The molecule has 0 amide bonds. The normalized spacial score (nSPS) is 14.2. The van der Waals surface area contributed by atoms with Gasteiger partial charge >= 0.3 is 19.8 Å². The summed E-state index contributed by atoms with van der Waals surface area (Å²) in [5.74, 6) is -0.884. The third-order valence-corrected chi connectivity index (χ3v) is 12.9. The van der Waals surface area contributed by atoms with Crippen LogP contribution in [0.25, 0.3) is 0 Å². The largest absolute Gasteiger partial charge is 0.472 e. The summed E-state index contributed by atoms with van der Waals surface area (Å²) in [4.78, 5) is 35.2. The Morgan fingerprint density at radius 1 is 0.403 bits per heavy atom. The van der Waals surface area contributed by atoms with Crippen molar-refractivity contribution >= 4 is 19.8 Å². The molecule has 0 aromatic heterocycles. The van der Waals surface area contributed by atoms with Crippen molar-refractivity contribution in [3.05, 3.63) is 158 Å². The van der Waals surface area contributed by atoms with E-state index in [0.717, 1.165) is 141 Å². The number of allylic oxidation sites excluding steroid dienone is 26. The minimum absolute atomic E-state index is 0.0378. The molecule has 0 aromatic rings. The first-order valence-electron chi connectivity index (χ1n) is 30.0. The standard InChI is InChI=1S/C67H108NO8P/c1-3-5-7-9-11-13-15-17-19-21-23-25-26-27-28-29-30-31-32-33-34-35-36-37-38-40-42-44-46-48-50-52-54-56-58-60-67(70)76-65(64-75-77(71,72)74-62-61-68)63-73-66(69)59-57-55-53-51-49-47-45-43-41-39-24-22-20-18-16-14-12-10-8-6-4-2/h5,7,11,13,16-19,22-25,27-28,30-31,33-34,36-37,40-43,46,48,65H,3-4,6,8-10,12,14-15,20-21,26,29,32,35,38-39,44-45,47,49-64,68H2,1-2H3,(H,71,72)/b7-5-,13-11-,18-16-,19-17-,24-22-,25-23-,28-27-,31-30-,34-33-,37-36-,42-40-,43-41-,48-46-. The van der Waals surface area contributed by atoms with Gasteiger partial charge in [-0.25, -0.2) is 4.57 Å². The molecule has 2 atom stereocenters. The molecule has 0 spiro atoms. The number of phosphoric ester groups is 1. The molecule has 0 saturated heterocycles. The average molecular weight is 1090 g/mol. The predicted octanol–water partition coefficient (Wildman–Crippen LogP) is 19.3. The first-order valence-corrected chi connectivity index (χ1v) is 31.5. The molecule has 0 radical (unpaired) electrons. The fraction of sp³-hybridized carbons (Fsp3) is 0.582. The molecule has 0 saturated carbocycles. The zero-order chi connectivity index (χ0) is 55.9. The SMILES string of the molecule is CC/C=C\C/C=C\C/C=C\C/C=C\C/C=C\C/C=C\C/C=C\C/C=C\C/C=C\C/C=C\CCCCCCC(=O)OC(COC(=O)CCCCCCCC/C=C\C/C=C\C/C=C\CCCCCCC)COP(=O)(O)OCCN. The number of unbranched alkanes of at least 4 members (excludes halogenated alkanes) is 15. The molecule has 0 heterocycles.